The van der Waals surface area contributed by atoms with Crippen molar-refractivity contribution in [1.29, 1.82) is 0 Å². The largest absolute Gasteiger partial charge is 0.304 e. The zero-order valence-corrected chi connectivity index (χ0v) is 15.8. The topological polar surface area (TPSA) is 57.2 Å². The van der Waals surface area contributed by atoms with E-state index in [0.717, 1.165) is 59.1 Å². The van der Waals surface area contributed by atoms with Crippen molar-refractivity contribution >= 4 is 27.8 Å². The zero-order chi connectivity index (χ0) is 18.9. The van der Waals surface area contributed by atoms with Crippen molar-refractivity contribution in [3.05, 3.63) is 60.9 Å². The van der Waals surface area contributed by atoms with Gasteiger partial charge in [0, 0.05) is 54.9 Å². The monoisotopic (exact) mass is 370 g/mol. The molecule has 0 spiro atoms. The number of anilines is 1. The fourth-order valence-electron chi connectivity index (χ4n) is 3.65. The molecule has 2 aromatic heterocycles. The molecule has 3 heterocycles. The third kappa shape index (κ3) is 3.28. The molecule has 0 saturated carbocycles. The maximum absolute atomic E-state index is 4.69. The third-order valence-corrected chi connectivity index (χ3v) is 5.28. The highest BCUT2D eigenvalue weighted by molar-refractivity contribution is 5.96. The summed E-state index contributed by atoms with van der Waals surface area (Å²) in [5, 5.41) is 4.34. The van der Waals surface area contributed by atoms with E-state index in [1.54, 1.807) is 0 Å². The van der Waals surface area contributed by atoms with Gasteiger partial charge in [0.05, 0.1) is 11.0 Å². The van der Waals surface area contributed by atoms with Crippen molar-refractivity contribution < 1.29 is 0 Å². The van der Waals surface area contributed by atoms with E-state index in [9.17, 15) is 0 Å². The summed E-state index contributed by atoms with van der Waals surface area (Å²) in [6.07, 6.45) is 3.73. The predicted molar refractivity (Wildman–Crippen MR) is 113 cm³/mol. The molecular formula is C22H22N6. The second kappa shape index (κ2) is 7.14. The first kappa shape index (κ1) is 17.0. The van der Waals surface area contributed by atoms with Crippen molar-refractivity contribution in [2.45, 2.75) is 0 Å². The van der Waals surface area contributed by atoms with Gasteiger partial charge in [0.15, 0.2) is 0 Å². The molecule has 5 rings (SSSR count). The summed E-state index contributed by atoms with van der Waals surface area (Å²) in [6, 6.07) is 16.6. The molecule has 1 N–H and O–H groups in total. The van der Waals surface area contributed by atoms with E-state index >= 15 is 0 Å². The number of rotatable bonds is 3. The molecule has 28 heavy (non-hydrogen) atoms. The number of pyridine rings is 1. The number of fused-ring (bicyclic) bond motifs is 2. The maximum Gasteiger partial charge on any atom is 0.238 e. The normalized spacial score (nSPS) is 15.9. The number of aromatic nitrogens is 3. The Kier molecular flexibility index (Phi) is 4.35. The molecule has 1 fully saturated rings. The minimum Gasteiger partial charge on any atom is -0.304 e. The Bertz CT molecular complexity index is 1130. The number of likely N-dealkylation sites (N-methyl/N-ethyl adjacent to an activating group) is 1. The van der Waals surface area contributed by atoms with Crippen LogP contribution in [0, 0.1) is 0 Å². The molecule has 1 aliphatic rings. The third-order valence-electron chi connectivity index (χ3n) is 5.28. The Labute approximate surface area is 163 Å². The lowest BCUT2D eigenvalue weighted by atomic mass is 10.0. The van der Waals surface area contributed by atoms with Crippen molar-refractivity contribution in [1.82, 2.24) is 24.9 Å². The molecule has 6 heteroatoms. The summed E-state index contributed by atoms with van der Waals surface area (Å²) in [5.41, 5.74) is 7.53. The highest BCUT2D eigenvalue weighted by Gasteiger charge is 2.14. The van der Waals surface area contributed by atoms with Gasteiger partial charge >= 0.3 is 0 Å². The van der Waals surface area contributed by atoms with Gasteiger partial charge in [-0.2, -0.15) is 0 Å². The number of piperazine rings is 1. The lowest BCUT2D eigenvalue weighted by Gasteiger charge is -2.32. The van der Waals surface area contributed by atoms with Crippen LogP contribution in [-0.2, 0) is 0 Å². The number of nitrogens with zero attached hydrogens (tertiary/aromatic N) is 5. The van der Waals surface area contributed by atoms with E-state index in [2.05, 4.69) is 74.8 Å². The number of hydrazine groups is 1. The van der Waals surface area contributed by atoms with Crippen LogP contribution < -0.4 is 5.43 Å². The Morgan fingerprint density at radius 2 is 1.75 bits per heavy atom. The Balaban J connectivity index is 1.45. The van der Waals surface area contributed by atoms with Crippen molar-refractivity contribution in [2.75, 3.05) is 38.7 Å². The Hall–Kier alpha value is -3.09. The van der Waals surface area contributed by atoms with Gasteiger partial charge in [-0.25, -0.2) is 15.0 Å². The molecule has 0 atom stereocenters. The second-order valence-electron chi connectivity index (χ2n) is 7.25. The van der Waals surface area contributed by atoms with Crippen LogP contribution in [0.25, 0.3) is 32.9 Å². The highest BCUT2D eigenvalue weighted by atomic mass is 15.5. The molecule has 2 aromatic carbocycles. The first-order valence-corrected chi connectivity index (χ1v) is 9.57. The van der Waals surface area contributed by atoms with Crippen LogP contribution in [0.1, 0.15) is 0 Å². The lowest BCUT2D eigenvalue weighted by molar-refractivity contribution is 0.178. The van der Waals surface area contributed by atoms with Crippen molar-refractivity contribution in [2.24, 2.45) is 0 Å². The average Bonchev–Trinajstić information content (AvgIpc) is 2.74. The molecule has 140 valence electrons. The molecule has 0 unspecified atom stereocenters. The minimum atomic E-state index is 0.650. The summed E-state index contributed by atoms with van der Waals surface area (Å²) < 4.78 is 0. The molecule has 1 saturated heterocycles. The number of hydrogen-bond donors (Lipinski definition) is 1. The van der Waals surface area contributed by atoms with Gasteiger partial charge in [-0.3, -0.25) is 10.4 Å². The molecule has 0 aliphatic carbocycles. The van der Waals surface area contributed by atoms with Crippen molar-refractivity contribution in [3.8, 4) is 11.1 Å². The Morgan fingerprint density at radius 3 is 2.64 bits per heavy atom. The first-order valence-electron chi connectivity index (χ1n) is 9.57. The smallest absolute Gasteiger partial charge is 0.238 e. The summed E-state index contributed by atoms with van der Waals surface area (Å²) in [6.45, 7) is 4.02. The minimum absolute atomic E-state index is 0.650. The summed E-state index contributed by atoms with van der Waals surface area (Å²) in [4.78, 5) is 16.1. The van der Waals surface area contributed by atoms with Gasteiger partial charge in [-0.1, -0.05) is 30.3 Å². The van der Waals surface area contributed by atoms with E-state index in [1.165, 1.54) is 0 Å². The van der Waals surface area contributed by atoms with Gasteiger partial charge in [0.25, 0.3) is 0 Å². The second-order valence-corrected chi connectivity index (χ2v) is 7.25. The maximum atomic E-state index is 4.69. The van der Waals surface area contributed by atoms with Crippen LogP contribution >= 0.6 is 0 Å². The summed E-state index contributed by atoms with van der Waals surface area (Å²) >= 11 is 0. The standard InChI is InChI=1S/C22H22N6/c1-27-10-12-28(13-11-27)26-22-24-15-18-14-17(7-8-20(18)25-22)19-6-2-4-16-5-3-9-23-21(16)19/h2-9,14-15H,10-13H2,1H3,(H,24,25,26). The van der Waals surface area contributed by atoms with Crippen LogP contribution in [0.3, 0.4) is 0 Å². The quantitative estimate of drug-likeness (QED) is 0.596. The number of nitrogens with one attached hydrogen (secondary N) is 1. The SMILES string of the molecule is CN1CCN(Nc2ncc3cc(-c4cccc5cccnc45)ccc3n2)CC1. The fourth-order valence-corrected chi connectivity index (χ4v) is 3.65. The van der Waals surface area contributed by atoms with E-state index in [0.29, 0.717) is 5.95 Å². The number of hydrogen-bond acceptors (Lipinski definition) is 6. The van der Waals surface area contributed by atoms with Crippen LogP contribution in [0.5, 0.6) is 0 Å². The summed E-state index contributed by atoms with van der Waals surface area (Å²) in [7, 11) is 2.15. The average molecular weight is 370 g/mol. The van der Waals surface area contributed by atoms with Crippen LogP contribution in [0.2, 0.25) is 0 Å². The van der Waals surface area contributed by atoms with E-state index in [4.69, 9.17) is 4.98 Å². The van der Waals surface area contributed by atoms with Crippen molar-refractivity contribution in [3.63, 3.8) is 0 Å². The first-order chi connectivity index (χ1) is 13.8. The highest BCUT2D eigenvalue weighted by Crippen LogP contribution is 2.29. The number of benzene rings is 2. The lowest BCUT2D eigenvalue weighted by Crippen LogP contribution is -2.47. The zero-order valence-electron chi connectivity index (χ0n) is 15.8. The van der Waals surface area contributed by atoms with Gasteiger partial charge in [-0.05, 0) is 30.8 Å². The van der Waals surface area contributed by atoms with Gasteiger partial charge in [0.1, 0.15) is 0 Å². The molecule has 0 bridgehead atoms. The predicted octanol–water partition coefficient (Wildman–Crippen LogP) is 3.42. The Morgan fingerprint density at radius 1 is 0.893 bits per heavy atom. The van der Waals surface area contributed by atoms with Crippen LogP contribution in [-0.4, -0.2) is 58.1 Å². The van der Waals surface area contributed by atoms with Gasteiger partial charge in [0.2, 0.25) is 5.95 Å². The molecule has 0 amide bonds. The van der Waals surface area contributed by atoms with E-state index in [1.807, 2.05) is 18.5 Å². The molecular weight excluding hydrogens is 348 g/mol. The molecule has 1 aliphatic heterocycles. The van der Waals surface area contributed by atoms with Crippen LogP contribution in [0.4, 0.5) is 5.95 Å². The molecule has 4 aromatic rings. The molecule has 6 nitrogen and oxygen atoms in total. The summed E-state index contributed by atoms with van der Waals surface area (Å²) in [5.74, 6) is 0.650. The van der Waals surface area contributed by atoms with Gasteiger partial charge in [-0.15, -0.1) is 0 Å². The fraction of sp³-hybridized carbons (Fsp3) is 0.227. The van der Waals surface area contributed by atoms with Crippen LogP contribution in [0.15, 0.2) is 60.9 Å². The van der Waals surface area contributed by atoms with E-state index in [-0.39, 0.29) is 0 Å². The van der Waals surface area contributed by atoms with E-state index < -0.39 is 0 Å². The molecule has 0 radical (unpaired) electrons. The number of para-hydroxylation sites is 1. The van der Waals surface area contributed by atoms with Gasteiger partial charge < -0.3 is 4.90 Å².